The molecule has 5 aromatic rings. The Bertz CT molecular complexity index is 1720. The Balaban J connectivity index is 1.48. The Hall–Kier alpha value is -4.37. The summed E-state index contributed by atoms with van der Waals surface area (Å²) in [6.07, 6.45) is 4.55. The molecule has 0 aliphatic heterocycles. The van der Waals surface area contributed by atoms with Crippen molar-refractivity contribution in [2.24, 2.45) is 0 Å². The van der Waals surface area contributed by atoms with Crippen LogP contribution >= 0.6 is 22.6 Å². The number of ether oxygens (including phenoxy) is 1. The van der Waals surface area contributed by atoms with E-state index in [2.05, 4.69) is 15.3 Å². The normalized spacial score (nSPS) is 10.7. The monoisotopic (exact) mass is 593 g/mol. The average Bonchev–Trinajstić information content (AvgIpc) is 2.88. The number of halogens is 3. The van der Waals surface area contributed by atoms with Crippen molar-refractivity contribution in [1.29, 1.82) is 5.26 Å². The van der Waals surface area contributed by atoms with Crippen LogP contribution in [0.4, 0.5) is 20.3 Å². The lowest BCUT2D eigenvalue weighted by atomic mass is 10.2. The predicted molar refractivity (Wildman–Crippen MR) is 139 cm³/mol. The number of rotatable bonds is 5. The minimum atomic E-state index is -0.657. The van der Waals surface area contributed by atoms with E-state index in [1.54, 1.807) is 36.7 Å². The molecular formula is C26H14F2IN5O2. The molecule has 0 radical (unpaired) electrons. The Morgan fingerprint density at radius 2 is 1.75 bits per heavy atom. The molecule has 0 saturated heterocycles. The van der Waals surface area contributed by atoms with Gasteiger partial charge in [0.2, 0.25) is 0 Å². The van der Waals surface area contributed by atoms with E-state index >= 15 is 0 Å². The van der Waals surface area contributed by atoms with Gasteiger partial charge < -0.3 is 10.1 Å². The molecule has 3 heterocycles. The van der Waals surface area contributed by atoms with Gasteiger partial charge in [-0.15, -0.1) is 0 Å². The van der Waals surface area contributed by atoms with E-state index in [0.717, 1.165) is 0 Å². The fourth-order valence-corrected chi connectivity index (χ4v) is 4.13. The van der Waals surface area contributed by atoms with Crippen LogP contribution in [-0.4, -0.2) is 14.5 Å². The number of nitriles is 1. The molecule has 0 fully saturated rings. The Morgan fingerprint density at radius 1 is 0.972 bits per heavy atom. The lowest BCUT2D eigenvalue weighted by Crippen LogP contribution is -2.19. The second-order valence-corrected chi connectivity index (χ2v) is 8.63. The molecule has 1 N–H and O–H groups in total. The van der Waals surface area contributed by atoms with E-state index in [1.165, 1.54) is 47.2 Å². The van der Waals surface area contributed by atoms with E-state index in [0.29, 0.717) is 31.5 Å². The highest BCUT2D eigenvalue weighted by Gasteiger charge is 2.14. The summed E-state index contributed by atoms with van der Waals surface area (Å²) in [5.74, 6) is -0.563. The molecular weight excluding hydrogens is 579 g/mol. The van der Waals surface area contributed by atoms with Crippen molar-refractivity contribution in [2.45, 2.75) is 0 Å². The summed E-state index contributed by atoms with van der Waals surface area (Å²) < 4.78 is 35.7. The standard InChI is InChI=1S/C26H14F2IN5O2/c27-16-1-4-18(5-2-16)34-12-9-15-7-10-32-25(23(15)26(34)35)33-17-3-6-21(19(28)13-17)36-22-8-11-31-20(14-30)24(22)29/h1-13H,(H,32,33). The van der Waals surface area contributed by atoms with Gasteiger partial charge >= 0.3 is 0 Å². The second kappa shape index (κ2) is 9.71. The number of aromatic nitrogens is 3. The van der Waals surface area contributed by atoms with Crippen LogP contribution in [0.1, 0.15) is 5.69 Å². The maximum absolute atomic E-state index is 14.9. The van der Waals surface area contributed by atoms with E-state index in [1.807, 2.05) is 28.7 Å². The van der Waals surface area contributed by atoms with Gasteiger partial charge in [0.1, 0.15) is 23.5 Å². The minimum absolute atomic E-state index is 0.0434. The molecule has 3 aromatic heterocycles. The van der Waals surface area contributed by atoms with Crippen LogP contribution in [-0.2, 0) is 0 Å². The van der Waals surface area contributed by atoms with Crippen molar-refractivity contribution in [3.8, 4) is 23.3 Å². The summed E-state index contributed by atoms with van der Waals surface area (Å²) in [6.45, 7) is 0. The van der Waals surface area contributed by atoms with Gasteiger partial charge in [-0.25, -0.2) is 18.7 Å². The molecule has 0 amide bonds. The average molecular weight is 593 g/mol. The van der Waals surface area contributed by atoms with Crippen LogP contribution in [0.5, 0.6) is 11.5 Å². The van der Waals surface area contributed by atoms with Crippen LogP contribution < -0.4 is 15.6 Å². The first-order chi connectivity index (χ1) is 17.4. The van der Waals surface area contributed by atoms with Crippen LogP contribution in [0.15, 0.2) is 84.0 Å². The zero-order valence-corrected chi connectivity index (χ0v) is 20.4. The summed E-state index contributed by atoms with van der Waals surface area (Å²) in [6, 6.07) is 16.7. The smallest absolute Gasteiger partial charge is 0.266 e. The summed E-state index contributed by atoms with van der Waals surface area (Å²) in [5, 5.41) is 13.1. The van der Waals surface area contributed by atoms with Crippen LogP contribution in [0.25, 0.3) is 16.5 Å². The highest BCUT2D eigenvalue weighted by molar-refractivity contribution is 14.1. The third kappa shape index (κ3) is 4.48. The molecule has 36 heavy (non-hydrogen) atoms. The first-order valence-electron chi connectivity index (χ1n) is 10.5. The summed E-state index contributed by atoms with van der Waals surface area (Å²) in [7, 11) is 0. The number of fused-ring (bicyclic) bond motifs is 1. The first kappa shape index (κ1) is 23.4. The second-order valence-electron chi connectivity index (χ2n) is 7.55. The van der Waals surface area contributed by atoms with Gasteiger partial charge in [0, 0.05) is 42.1 Å². The largest absolute Gasteiger partial charge is 0.453 e. The summed E-state index contributed by atoms with van der Waals surface area (Å²) >= 11 is 1.92. The third-order valence-electron chi connectivity index (χ3n) is 5.30. The topological polar surface area (TPSA) is 92.8 Å². The molecule has 0 aliphatic rings. The van der Waals surface area contributed by atoms with Crippen LogP contribution in [0.2, 0.25) is 0 Å². The minimum Gasteiger partial charge on any atom is -0.453 e. The number of nitrogens with zero attached hydrogens (tertiary/aromatic N) is 4. The van der Waals surface area contributed by atoms with Gasteiger partial charge in [0.15, 0.2) is 17.3 Å². The number of pyridine rings is 3. The molecule has 0 atom stereocenters. The zero-order valence-electron chi connectivity index (χ0n) is 18.2. The van der Waals surface area contributed by atoms with Gasteiger partial charge in [-0.2, -0.15) is 5.26 Å². The molecule has 0 bridgehead atoms. The molecule has 0 spiro atoms. The van der Waals surface area contributed by atoms with Gasteiger partial charge in [-0.05, 0) is 76.5 Å². The first-order valence-corrected chi connectivity index (χ1v) is 11.6. The lowest BCUT2D eigenvalue weighted by molar-refractivity contribution is 0.439. The number of anilines is 2. The van der Waals surface area contributed by atoms with Crippen LogP contribution in [0.3, 0.4) is 0 Å². The van der Waals surface area contributed by atoms with Gasteiger partial charge in [-0.3, -0.25) is 9.36 Å². The number of benzene rings is 2. The van der Waals surface area contributed by atoms with Crippen molar-refractivity contribution < 1.29 is 13.5 Å². The van der Waals surface area contributed by atoms with Crippen molar-refractivity contribution in [1.82, 2.24) is 14.5 Å². The molecule has 0 saturated carbocycles. The summed E-state index contributed by atoms with van der Waals surface area (Å²) in [5.41, 5.74) is 0.658. The fourth-order valence-electron chi connectivity index (χ4n) is 3.58. The van der Waals surface area contributed by atoms with E-state index in [4.69, 9.17) is 10.00 Å². The highest BCUT2D eigenvalue weighted by Crippen LogP contribution is 2.32. The van der Waals surface area contributed by atoms with E-state index in [9.17, 15) is 13.6 Å². The predicted octanol–water partition coefficient (Wildman–Crippen LogP) is 6.07. The van der Waals surface area contributed by atoms with Gasteiger partial charge in [-0.1, -0.05) is 0 Å². The maximum Gasteiger partial charge on any atom is 0.266 e. The molecule has 2 aromatic carbocycles. The van der Waals surface area contributed by atoms with Crippen molar-refractivity contribution in [3.05, 3.63) is 111 Å². The molecule has 5 rings (SSSR count). The van der Waals surface area contributed by atoms with Crippen molar-refractivity contribution in [3.63, 3.8) is 0 Å². The van der Waals surface area contributed by atoms with Gasteiger partial charge in [0.05, 0.1) is 8.96 Å². The maximum atomic E-state index is 14.9. The number of nitrogens with one attached hydrogen (secondary N) is 1. The van der Waals surface area contributed by atoms with E-state index in [-0.39, 0.29) is 22.8 Å². The zero-order chi connectivity index (χ0) is 25.2. The van der Waals surface area contributed by atoms with Crippen molar-refractivity contribution in [2.75, 3.05) is 5.32 Å². The Labute approximate surface area is 216 Å². The van der Waals surface area contributed by atoms with Crippen molar-refractivity contribution >= 4 is 44.9 Å². The van der Waals surface area contributed by atoms with Gasteiger partial charge in [0.25, 0.3) is 5.56 Å². The molecule has 0 aliphatic carbocycles. The molecule has 7 nitrogen and oxygen atoms in total. The SMILES string of the molecule is N#Cc1nccc(Oc2ccc(Nc3nccc4ccn(-c5ccc(F)cc5)c(=O)c34)cc2F)c1I. The Kier molecular flexibility index (Phi) is 6.30. The quantitative estimate of drug-likeness (QED) is 0.249. The summed E-state index contributed by atoms with van der Waals surface area (Å²) in [4.78, 5) is 21.5. The number of hydrogen-bond acceptors (Lipinski definition) is 6. The Morgan fingerprint density at radius 3 is 2.50 bits per heavy atom. The van der Waals surface area contributed by atoms with Crippen LogP contribution in [0, 0.1) is 26.5 Å². The number of hydrogen-bond donors (Lipinski definition) is 1. The lowest BCUT2D eigenvalue weighted by Gasteiger charge is -2.13. The molecule has 176 valence electrons. The third-order valence-corrected chi connectivity index (χ3v) is 6.34. The van der Waals surface area contributed by atoms with E-state index < -0.39 is 11.6 Å². The molecule has 0 unspecified atom stereocenters. The highest BCUT2D eigenvalue weighted by atomic mass is 127. The fraction of sp³-hybridized carbons (Fsp3) is 0. The molecule has 10 heteroatoms.